The van der Waals surface area contributed by atoms with E-state index in [1.54, 1.807) is 32.1 Å². The summed E-state index contributed by atoms with van der Waals surface area (Å²) in [6, 6.07) is 15.4. The van der Waals surface area contributed by atoms with Crippen molar-refractivity contribution in [2.75, 3.05) is 0 Å². The molecule has 0 amide bonds. The molecule has 4 rings (SSSR count). The number of rotatable bonds is 7. The van der Waals surface area contributed by atoms with Crippen LogP contribution in [0.3, 0.4) is 0 Å². The quantitative estimate of drug-likeness (QED) is 0.584. The van der Waals surface area contributed by atoms with E-state index in [4.69, 9.17) is 21.1 Å². The van der Waals surface area contributed by atoms with E-state index < -0.39 is 11.7 Å². The standard InChI is InChI=1S/C26H29ClO4/c1-4-9-16-10-8-13-18-23-19(21(28)15-22(23)30-24(16)18)14-20(27)25(29)26(2,3)31-17-11-6-5-7-12-17/h5-8,10-14,19,21-23,28H,4,9,15H2,1-3H3/b20-14-/t19-,21+,22-,23+/m0/s1. The van der Waals surface area contributed by atoms with Gasteiger partial charge in [-0.1, -0.05) is 67.4 Å². The van der Waals surface area contributed by atoms with Crippen LogP contribution in [0.4, 0.5) is 0 Å². The smallest absolute Gasteiger partial charge is 0.216 e. The third-order valence-corrected chi connectivity index (χ3v) is 6.52. The van der Waals surface area contributed by atoms with Crippen molar-refractivity contribution in [2.45, 2.75) is 63.8 Å². The summed E-state index contributed by atoms with van der Waals surface area (Å²) >= 11 is 6.51. The van der Waals surface area contributed by atoms with E-state index in [1.807, 2.05) is 24.3 Å². The Morgan fingerprint density at radius 3 is 2.68 bits per heavy atom. The van der Waals surface area contributed by atoms with Gasteiger partial charge in [0, 0.05) is 23.8 Å². The summed E-state index contributed by atoms with van der Waals surface area (Å²) < 4.78 is 12.2. The van der Waals surface area contributed by atoms with Gasteiger partial charge in [-0.25, -0.2) is 0 Å². The van der Waals surface area contributed by atoms with Gasteiger partial charge < -0.3 is 14.6 Å². The summed E-state index contributed by atoms with van der Waals surface area (Å²) in [6.07, 6.45) is 3.51. The molecule has 1 heterocycles. The molecule has 0 saturated heterocycles. The summed E-state index contributed by atoms with van der Waals surface area (Å²) in [5.74, 6) is 0.939. The molecule has 1 saturated carbocycles. The number of ether oxygens (including phenoxy) is 2. The Hall–Kier alpha value is -2.30. The van der Waals surface area contributed by atoms with Crippen LogP contribution < -0.4 is 9.47 Å². The molecule has 2 aromatic rings. The van der Waals surface area contributed by atoms with Crippen LogP contribution in [0.2, 0.25) is 0 Å². The van der Waals surface area contributed by atoms with Gasteiger partial charge in [-0.05, 0) is 38.0 Å². The second-order valence-electron chi connectivity index (χ2n) is 8.92. The Balaban J connectivity index is 1.58. The predicted molar refractivity (Wildman–Crippen MR) is 122 cm³/mol. The van der Waals surface area contributed by atoms with E-state index >= 15 is 0 Å². The SMILES string of the molecule is CCCc1cccc2c1O[C@H]1C[C@@H](O)[C@H](/C=C(\Cl)C(=O)C(C)(C)Oc3ccccc3)[C@@H]21. The van der Waals surface area contributed by atoms with Gasteiger partial charge >= 0.3 is 0 Å². The molecule has 1 aliphatic carbocycles. The molecular weight excluding hydrogens is 412 g/mol. The van der Waals surface area contributed by atoms with Crippen LogP contribution in [0, 0.1) is 5.92 Å². The molecule has 5 heteroatoms. The highest BCUT2D eigenvalue weighted by molar-refractivity contribution is 6.43. The van der Waals surface area contributed by atoms with E-state index in [-0.39, 0.29) is 28.8 Å². The Bertz CT molecular complexity index is 982. The van der Waals surface area contributed by atoms with Crippen molar-refractivity contribution >= 4 is 17.4 Å². The van der Waals surface area contributed by atoms with Gasteiger partial charge in [-0.2, -0.15) is 0 Å². The largest absolute Gasteiger partial charge is 0.489 e. The Labute approximate surface area is 188 Å². The number of hydrogen-bond donors (Lipinski definition) is 1. The molecular formula is C26H29ClO4. The summed E-state index contributed by atoms with van der Waals surface area (Å²) in [5.41, 5.74) is 1.17. The maximum Gasteiger partial charge on any atom is 0.216 e. The molecule has 31 heavy (non-hydrogen) atoms. The van der Waals surface area contributed by atoms with E-state index in [0.717, 1.165) is 24.2 Å². The number of fused-ring (bicyclic) bond motifs is 3. The van der Waals surface area contributed by atoms with Gasteiger partial charge in [0.1, 0.15) is 17.6 Å². The van der Waals surface area contributed by atoms with Crippen LogP contribution in [0.5, 0.6) is 11.5 Å². The van der Waals surface area contributed by atoms with Crippen molar-refractivity contribution in [1.29, 1.82) is 0 Å². The second-order valence-corrected chi connectivity index (χ2v) is 9.32. The van der Waals surface area contributed by atoms with Crippen molar-refractivity contribution in [3.8, 4) is 11.5 Å². The normalized spacial score (nSPS) is 25.0. The number of aryl methyl sites for hydroxylation is 1. The number of aliphatic hydroxyl groups excluding tert-OH is 1. The first-order chi connectivity index (χ1) is 14.8. The molecule has 0 bridgehead atoms. The summed E-state index contributed by atoms with van der Waals surface area (Å²) in [5, 5.41) is 10.8. The zero-order valence-corrected chi connectivity index (χ0v) is 18.9. The molecule has 2 aliphatic rings. The molecule has 0 aromatic heterocycles. The molecule has 1 N–H and O–H groups in total. The number of carbonyl (C=O) groups is 1. The molecule has 1 aliphatic heterocycles. The number of carbonyl (C=O) groups excluding carboxylic acids is 1. The first-order valence-corrected chi connectivity index (χ1v) is 11.3. The maximum atomic E-state index is 13.1. The summed E-state index contributed by atoms with van der Waals surface area (Å²) in [7, 11) is 0. The van der Waals surface area contributed by atoms with Crippen LogP contribution in [-0.4, -0.2) is 28.7 Å². The molecule has 0 unspecified atom stereocenters. The minimum Gasteiger partial charge on any atom is -0.489 e. The van der Waals surface area contributed by atoms with Gasteiger partial charge in [0.2, 0.25) is 5.78 Å². The van der Waals surface area contributed by atoms with E-state index in [2.05, 4.69) is 19.1 Å². The van der Waals surface area contributed by atoms with Gasteiger partial charge in [0.15, 0.2) is 5.60 Å². The zero-order chi connectivity index (χ0) is 22.2. The molecule has 1 fully saturated rings. The fraction of sp³-hybridized carbons (Fsp3) is 0.423. The van der Waals surface area contributed by atoms with Crippen molar-refractivity contribution in [2.24, 2.45) is 5.92 Å². The lowest BCUT2D eigenvalue weighted by Crippen LogP contribution is -2.38. The highest BCUT2D eigenvalue weighted by Gasteiger charge is 2.49. The lowest BCUT2D eigenvalue weighted by molar-refractivity contribution is -0.127. The van der Waals surface area contributed by atoms with Crippen LogP contribution in [0.25, 0.3) is 0 Å². The molecule has 164 valence electrons. The van der Waals surface area contributed by atoms with Gasteiger partial charge in [0.25, 0.3) is 0 Å². The van der Waals surface area contributed by atoms with E-state index in [1.165, 1.54) is 5.56 Å². The fourth-order valence-electron chi connectivity index (χ4n) is 4.76. The molecule has 4 nitrogen and oxygen atoms in total. The van der Waals surface area contributed by atoms with Crippen LogP contribution >= 0.6 is 11.6 Å². The first kappa shape index (κ1) is 21.9. The maximum absolute atomic E-state index is 13.1. The van der Waals surface area contributed by atoms with Crippen molar-refractivity contribution in [3.05, 3.63) is 70.8 Å². The van der Waals surface area contributed by atoms with Gasteiger partial charge in [-0.3, -0.25) is 4.79 Å². The fourth-order valence-corrected chi connectivity index (χ4v) is 5.14. The van der Waals surface area contributed by atoms with Gasteiger partial charge in [-0.15, -0.1) is 0 Å². The molecule has 4 atom stereocenters. The van der Waals surface area contributed by atoms with Crippen molar-refractivity contribution in [1.82, 2.24) is 0 Å². The minimum absolute atomic E-state index is 0.0125. The number of Topliss-reactive ketones (excluding diaryl/α,β-unsaturated/α-hetero) is 1. The third kappa shape index (κ3) is 4.24. The van der Waals surface area contributed by atoms with Gasteiger partial charge in [0.05, 0.1) is 11.1 Å². The number of benzene rings is 2. The summed E-state index contributed by atoms with van der Waals surface area (Å²) in [6.45, 7) is 5.56. The molecule has 0 spiro atoms. The van der Waals surface area contributed by atoms with Crippen molar-refractivity contribution in [3.63, 3.8) is 0 Å². The Kier molecular flexibility index (Phi) is 6.14. The Morgan fingerprint density at radius 1 is 1.23 bits per heavy atom. The van der Waals surface area contributed by atoms with Crippen LogP contribution in [0.15, 0.2) is 59.6 Å². The third-order valence-electron chi connectivity index (χ3n) is 6.23. The van der Waals surface area contributed by atoms with Crippen molar-refractivity contribution < 1.29 is 19.4 Å². The number of hydrogen-bond acceptors (Lipinski definition) is 4. The average Bonchev–Trinajstić information content (AvgIpc) is 3.24. The highest BCUT2D eigenvalue weighted by Crippen LogP contribution is 2.52. The van der Waals surface area contributed by atoms with E-state index in [0.29, 0.717) is 12.2 Å². The number of aliphatic hydroxyl groups is 1. The topological polar surface area (TPSA) is 55.8 Å². The average molecular weight is 441 g/mol. The van der Waals surface area contributed by atoms with Crippen LogP contribution in [-0.2, 0) is 11.2 Å². The molecule has 0 radical (unpaired) electrons. The zero-order valence-electron chi connectivity index (χ0n) is 18.2. The van der Waals surface area contributed by atoms with Crippen LogP contribution in [0.1, 0.15) is 50.7 Å². The lowest BCUT2D eigenvalue weighted by atomic mass is 9.86. The molecule has 2 aromatic carbocycles. The monoisotopic (exact) mass is 440 g/mol. The number of ketones is 1. The lowest BCUT2D eigenvalue weighted by Gasteiger charge is -2.25. The first-order valence-electron chi connectivity index (χ1n) is 10.9. The summed E-state index contributed by atoms with van der Waals surface area (Å²) in [4.78, 5) is 13.1. The second kappa shape index (κ2) is 8.68. The Morgan fingerprint density at radius 2 is 1.97 bits per heavy atom. The minimum atomic E-state index is -1.13. The highest BCUT2D eigenvalue weighted by atomic mass is 35.5. The number of halogens is 1. The number of para-hydroxylation sites is 2. The predicted octanol–water partition coefficient (Wildman–Crippen LogP) is 5.41. The van der Waals surface area contributed by atoms with E-state index in [9.17, 15) is 9.90 Å².